The summed E-state index contributed by atoms with van der Waals surface area (Å²) < 4.78 is 0. The summed E-state index contributed by atoms with van der Waals surface area (Å²) in [7, 11) is 0. The van der Waals surface area contributed by atoms with Gasteiger partial charge in [0.05, 0.1) is 0 Å². The molecule has 1 rings (SSSR count). The van der Waals surface area contributed by atoms with Crippen molar-refractivity contribution in [3.8, 4) is 0 Å². The van der Waals surface area contributed by atoms with Crippen LogP contribution in [-0.2, 0) is 4.79 Å². The summed E-state index contributed by atoms with van der Waals surface area (Å²) in [5, 5.41) is 9.12. The van der Waals surface area contributed by atoms with E-state index in [9.17, 15) is 4.79 Å². The molecule has 82 valence electrons. The van der Waals surface area contributed by atoms with Crippen LogP contribution in [-0.4, -0.2) is 34.6 Å². The second-order valence-corrected chi connectivity index (χ2v) is 5.22. The monoisotopic (exact) mass is 199 g/mol. The number of rotatable bonds is 2. The molecule has 0 aromatic heterocycles. The minimum Gasteiger partial charge on any atom is -0.480 e. The second-order valence-electron chi connectivity index (χ2n) is 5.22. The molecule has 3 nitrogen and oxygen atoms in total. The molecular formula is C11H21NO2. The number of nitrogens with zero attached hydrogens (tertiary/aromatic N) is 1. The third-order valence-corrected chi connectivity index (χ3v) is 3.18. The zero-order valence-electron chi connectivity index (χ0n) is 9.58. The molecule has 2 unspecified atom stereocenters. The Morgan fingerprint density at radius 1 is 1.29 bits per heavy atom. The first-order valence-corrected chi connectivity index (χ1v) is 5.32. The summed E-state index contributed by atoms with van der Waals surface area (Å²) >= 11 is 0. The van der Waals surface area contributed by atoms with Crippen LogP contribution in [0.2, 0.25) is 0 Å². The number of carboxylic acid groups (broad SMARTS) is 1. The van der Waals surface area contributed by atoms with Gasteiger partial charge in [-0.2, -0.15) is 0 Å². The number of carboxylic acids is 1. The fraction of sp³-hybridized carbons (Fsp3) is 0.909. The van der Waals surface area contributed by atoms with Gasteiger partial charge in [-0.3, -0.25) is 9.69 Å². The van der Waals surface area contributed by atoms with E-state index in [1.165, 1.54) is 6.42 Å². The predicted octanol–water partition coefficient (Wildman–Crippen LogP) is 1.83. The van der Waals surface area contributed by atoms with Crippen LogP contribution in [0, 0.1) is 11.8 Å². The van der Waals surface area contributed by atoms with Gasteiger partial charge in [-0.05, 0) is 32.1 Å². The highest BCUT2D eigenvalue weighted by atomic mass is 16.4. The molecule has 14 heavy (non-hydrogen) atoms. The third-order valence-electron chi connectivity index (χ3n) is 3.18. The van der Waals surface area contributed by atoms with E-state index in [2.05, 4.69) is 18.7 Å². The number of likely N-dealkylation sites (tertiary alicyclic amines) is 1. The Kier molecular flexibility index (Phi) is 3.20. The number of carbonyl (C=O) groups is 1. The summed E-state index contributed by atoms with van der Waals surface area (Å²) in [6.45, 7) is 9.79. The summed E-state index contributed by atoms with van der Waals surface area (Å²) in [6.07, 6.45) is 1.21. The van der Waals surface area contributed by atoms with Gasteiger partial charge >= 0.3 is 5.97 Å². The van der Waals surface area contributed by atoms with Crippen LogP contribution < -0.4 is 0 Å². The second kappa shape index (κ2) is 3.89. The maximum absolute atomic E-state index is 11.1. The summed E-state index contributed by atoms with van der Waals surface area (Å²) in [4.78, 5) is 13.2. The van der Waals surface area contributed by atoms with Crippen LogP contribution in [0.1, 0.15) is 34.1 Å². The highest BCUT2D eigenvalue weighted by molar-refractivity contribution is 5.77. The van der Waals surface area contributed by atoms with E-state index in [0.29, 0.717) is 11.8 Å². The van der Waals surface area contributed by atoms with Crippen molar-refractivity contribution in [2.75, 3.05) is 13.1 Å². The Morgan fingerprint density at radius 3 is 2.07 bits per heavy atom. The molecule has 1 aliphatic heterocycles. The summed E-state index contributed by atoms with van der Waals surface area (Å²) in [5.74, 6) is 0.494. The lowest BCUT2D eigenvalue weighted by atomic mass is 9.88. The van der Waals surface area contributed by atoms with Crippen LogP contribution >= 0.6 is 0 Å². The lowest BCUT2D eigenvalue weighted by Crippen LogP contribution is -2.55. The zero-order valence-corrected chi connectivity index (χ0v) is 9.58. The standard InChI is InChI=1S/C11H21NO2/c1-8-5-9(2)7-12(6-8)11(3,4)10(13)14/h8-9H,5-7H2,1-4H3,(H,13,14). The van der Waals surface area contributed by atoms with Crippen LogP contribution in [0.4, 0.5) is 0 Å². The lowest BCUT2D eigenvalue weighted by Gasteiger charge is -2.42. The fourth-order valence-electron chi connectivity index (χ4n) is 2.25. The molecule has 0 saturated carbocycles. The molecule has 0 spiro atoms. The van der Waals surface area contributed by atoms with E-state index in [0.717, 1.165) is 13.1 Å². The first kappa shape index (κ1) is 11.5. The summed E-state index contributed by atoms with van der Waals surface area (Å²) in [5.41, 5.74) is -0.719. The average molecular weight is 199 g/mol. The van der Waals surface area contributed by atoms with E-state index >= 15 is 0 Å². The Labute approximate surface area is 86.1 Å². The Bertz CT molecular complexity index is 215. The Morgan fingerprint density at radius 2 is 1.71 bits per heavy atom. The van der Waals surface area contributed by atoms with Gasteiger partial charge in [0.2, 0.25) is 0 Å². The normalized spacial score (nSPS) is 30.3. The molecule has 0 aromatic rings. The van der Waals surface area contributed by atoms with Gasteiger partial charge < -0.3 is 5.11 Å². The topological polar surface area (TPSA) is 40.5 Å². The largest absolute Gasteiger partial charge is 0.480 e. The van der Waals surface area contributed by atoms with Crippen LogP contribution in [0.15, 0.2) is 0 Å². The lowest BCUT2D eigenvalue weighted by molar-refractivity contribution is -0.151. The van der Waals surface area contributed by atoms with E-state index in [1.54, 1.807) is 13.8 Å². The predicted molar refractivity (Wildman–Crippen MR) is 56.2 cm³/mol. The smallest absolute Gasteiger partial charge is 0.323 e. The van der Waals surface area contributed by atoms with Gasteiger partial charge in [-0.25, -0.2) is 0 Å². The van der Waals surface area contributed by atoms with Crippen LogP contribution in [0.3, 0.4) is 0 Å². The Hall–Kier alpha value is -0.570. The third kappa shape index (κ3) is 2.27. The van der Waals surface area contributed by atoms with Crippen molar-refractivity contribution in [3.05, 3.63) is 0 Å². The molecule has 0 bridgehead atoms. The van der Waals surface area contributed by atoms with E-state index in [4.69, 9.17) is 5.11 Å². The molecule has 1 fully saturated rings. The molecule has 3 heteroatoms. The number of hydrogen-bond acceptors (Lipinski definition) is 2. The molecule has 1 aliphatic rings. The fourth-order valence-corrected chi connectivity index (χ4v) is 2.25. The molecular weight excluding hydrogens is 178 g/mol. The molecule has 0 aromatic carbocycles. The minimum atomic E-state index is -0.723. The Balaban J connectivity index is 2.72. The van der Waals surface area contributed by atoms with Gasteiger partial charge in [0.25, 0.3) is 0 Å². The number of piperidine rings is 1. The van der Waals surface area contributed by atoms with Crippen molar-refractivity contribution < 1.29 is 9.90 Å². The highest BCUT2D eigenvalue weighted by Gasteiger charge is 2.38. The van der Waals surface area contributed by atoms with Crippen molar-refractivity contribution >= 4 is 5.97 Å². The molecule has 0 aliphatic carbocycles. The van der Waals surface area contributed by atoms with Crippen LogP contribution in [0.25, 0.3) is 0 Å². The van der Waals surface area contributed by atoms with Crippen LogP contribution in [0.5, 0.6) is 0 Å². The maximum Gasteiger partial charge on any atom is 0.323 e. The SMILES string of the molecule is CC1CC(C)CN(C(C)(C)C(=O)O)C1. The first-order chi connectivity index (χ1) is 6.34. The van der Waals surface area contributed by atoms with E-state index < -0.39 is 11.5 Å². The van der Waals surface area contributed by atoms with Crippen molar-refractivity contribution in [2.24, 2.45) is 11.8 Å². The van der Waals surface area contributed by atoms with E-state index in [-0.39, 0.29) is 0 Å². The minimum absolute atomic E-state index is 0.609. The number of hydrogen-bond donors (Lipinski definition) is 1. The summed E-state index contributed by atoms with van der Waals surface area (Å²) in [6, 6.07) is 0. The number of aliphatic carboxylic acids is 1. The molecule has 1 heterocycles. The maximum atomic E-state index is 11.1. The molecule has 1 N–H and O–H groups in total. The van der Waals surface area contributed by atoms with Crippen molar-refractivity contribution in [1.82, 2.24) is 4.90 Å². The van der Waals surface area contributed by atoms with Crippen molar-refractivity contribution in [3.63, 3.8) is 0 Å². The zero-order chi connectivity index (χ0) is 10.9. The quantitative estimate of drug-likeness (QED) is 0.737. The van der Waals surface area contributed by atoms with E-state index in [1.807, 2.05) is 0 Å². The van der Waals surface area contributed by atoms with Gasteiger partial charge in [0.15, 0.2) is 0 Å². The molecule has 1 saturated heterocycles. The molecule has 0 amide bonds. The van der Waals surface area contributed by atoms with Crippen molar-refractivity contribution in [2.45, 2.75) is 39.7 Å². The van der Waals surface area contributed by atoms with Crippen molar-refractivity contribution in [1.29, 1.82) is 0 Å². The average Bonchev–Trinajstić information content (AvgIpc) is 2.01. The molecule has 0 radical (unpaired) electrons. The van der Waals surface area contributed by atoms with Gasteiger partial charge in [-0.1, -0.05) is 13.8 Å². The van der Waals surface area contributed by atoms with Gasteiger partial charge in [0, 0.05) is 13.1 Å². The highest BCUT2D eigenvalue weighted by Crippen LogP contribution is 2.27. The van der Waals surface area contributed by atoms with Gasteiger partial charge in [0.1, 0.15) is 5.54 Å². The van der Waals surface area contributed by atoms with Gasteiger partial charge in [-0.15, -0.1) is 0 Å². The molecule has 2 atom stereocenters. The first-order valence-electron chi connectivity index (χ1n) is 5.32.